The number of carboxylic acid groups (broad SMARTS) is 2. The van der Waals surface area contributed by atoms with E-state index in [-0.39, 0.29) is 12.0 Å². The highest BCUT2D eigenvalue weighted by Crippen LogP contribution is 2.25. The second kappa shape index (κ2) is 8.95. The minimum Gasteiger partial charge on any atom is -0.481 e. The van der Waals surface area contributed by atoms with Gasteiger partial charge in [-0.2, -0.15) is 5.10 Å². The van der Waals surface area contributed by atoms with Crippen LogP contribution in [0, 0.1) is 6.92 Å². The van der Waals surface area contributed by atoms with Crippen LogP contribution in [-0.2, 0) is 9.59 Å². The van der Waals surface area contributed by atoms with E-state index < -0.39 is 30.0 Å². The number of carboxylic acids is 2. The van der Waals surface area contributed by atoms with E-state index in [9.17, 15) is 19.5 Å². The normalized spacial score (nSPS) is 11.3. The minimum atomic E-state index is -1.39. The molecule has 2 aromatic carbocycles. The van der Waals surface area contributed by atoms with Crippen LogP contribution in [-0.4, -0.2) is 38.8 Å². The smallest absolute Gasteiger partial charge is 0.352 e. The number of aryl methyl sites for hydroxylation is 1. The molecule has 0 atom stereocenters. The summed E-state index contributed by atoms with van der Waals surface area (Å²) in [7, 11) is 0. The van der Waals surface area contributed by atoms with Gasteiger partial charge in [0.05, 0.1) is 23.2 Å². The zero-order valence-corrected chi connectivity index (χ0v) is 16.1. The van der Waals surface area contributed by atoms with Crippen molar-refractivity contribution in [2.75, 3.05) is 0 Å². The van der Waals surface area contributed by atoms with Crippen molar-refractivity contribution in [3.8, 4) is 11.3 Å². The Labute approximate surface area is 171 Å². The number of hydrazone groups is 1. The molecule has 0 aliphatic heterocycles. The van der Waals surface area contributed by atoms with Crippen molar-refractivity contribution < 1.29 is 24.6 Å². The molecule has 0 radical (unpaired) electrons. The van der Waals surface area contributed by atoms with Gasteiger partial charge in [0.25, 0.3) is 5.91 Å². The van der Waals surface area contributed by atoms with Crippen molar-refractivity contribution in [1.29, 1.82) is 0 Å². The van der Waals surface area contributed by atoms with Gasteiger partial charge in [-0.25, -0.2) is 15.2 Å². The molecule has 3 rings (SSSR count). The molecule has 0 unspecified atom stereocenters. The molecule has 0 fully saturated rings. The van der Waals surface area contributed by atoms with Gasteiger partial charge >= 0.3 is 11.9 Å². The van der Waals surface area contributed by atoms with Crippen LogP contribution in [0.1, 0.15) is 28.8 Å². The average molecular weight is 405 g/mol. The largest absolute Gasteiger partial charge is 0.481 e. The molecule has 0 spiro atoms. The summed E-state index contributed by atoms with van der Waals surface area (Å²) in [6.45, 7) is 1.97. The van der Waals surface area contributed by atoms with Crippen molar-refractivity contribution >= 4 is 34.5 Å². The lowest BCUT2D eigenvalue weighted by Gasteiger charge is -2.09. The van der Waals surface area contributed by atoms with Crippen LogP contribution in [0.15, 0.2) is 59.7 Å². The summed E-state index contributed by atoms with van der Waals surface area (Å²) in [5, 5.41) is 22.1. The molecule has 8 nitrogen and oxygen atoms in total. The first-order valence-corrected chi connectivity index (χ1v) is 9.14. The molecule has 0 aliphatic carbocycles. The van der Waals surface area contributed by atoms with Crippen LogP contribution in [0.2, 0.25) is 0 Å². The Balaban J connectivity index is 1.98. The molecule has 0 aliphatic rings. The SMILES string of the molecule is Cc1ccc(-c2cc(C(=O)N/N=C(/CCC(=O)O)C(=O)O)c3ccccc3n2)cc1. The summed E-state index contributed by atoms with van der Waals surface area (Å²) < 4.78 is 0. The van der Waals surface area contributed by atoms with Gasteiger partial charge in [-0.1, -0.05) is 48.0 Å². The lowest BCUT2D eigenvalue weighted by atomic mass is 10.0. The maximum Gasteiger partial charge on any atom is 0.352 e. The molecule has 3 N–H and O–H groups in total. The van der Waals surface area contributed by atoms with Crippen LogP contribution in [0.5, 0.6) is 0 Å². The van der Waals surface area contributed by atoms with Gasteiger partial charge in [-0.3, -0.25) is 9.59 Å². The third kappa shape index (κ3) is 4.85. The molecule has 1 aromatic heterocycles. The molecular weight excluding hydrogens is 386 g/mol. The minimum absolute atomic E-state index is 0.280. The fraction of sp³-hybridized carbons (Fsp3) is 0.136. The van der Waals surface area contributed by atoms with Crippen molar-refractivity contribution in [3.63, 3.8) is 0 Å². The quantitative estimate of drug-likeness (QED) is 0.409. The third-order valence-electron chi connectivity index (χ3n) is 4.42. The zero-order valence-electron chi connectivity index (χ0n) is 16.1. The highest BCUT2D eigenvalue weighted by atomic mass is 16.4. The number of pyridine rings is 1. The molecule has 30 heavy (non-hydrogen) atoms. The number of aliphatic carboxylic acids is 2. The Kier molecular flexibility index (Phi) is 6.17. The Bertz CT molecular complexity index is 1150. The van der Waals surface area contributed by atoms with Crippen molar-refractivity contribution in [1.82, 2.24) is 10.4 Å². The molecule has 152 valence electrons. The first-order valence-electron chi connectivity index (χ1n) is 9.14. The molecule has 0 saturated carbocycles. The van der Waals surface area contributed by atoms with E-state index in [1.54, 1.807) is 24.3 Å². The number of rotatable bonds is 7. The number of nitrogens with one attached hydrogen (secondary N) is 1. The van der Waals surface area contributed by atoms with Crippen molar-refractivity contribution in [2.24, 2.45) is 5.10 Å². The summed E-state index contributed by atoms with van der Waals surface area (Å²) in [5.74, 6) is -3.16. The molecular formula is C22H19N3O5. The third-order valence-corrected chi connectivity index (χ3v) is 4.42. The fourth-order valence-electron chi connectivity index (χ4n) is 2.85. The summed E-state index contributed by atoms with van der Waals surface area (Å²) >= 11 is 0. The van der Waals surface area contributed by atoms with Crippen molar-refractivity contribution in [2.45, 2.75) is 19.8 Å². The van der Waals surface area contributed by atoms with Gasteiger partial charge in [-0.15, -0.1) is 0 Å². The average Bonchev–Trinajstić information content (AvgIpc) is 2.72. The van der Waals surface area contributed by atoms with E-state index >= 15 is 0 Å². The van der Waals surface area contributed by atoms with Gasteiger partial charge in [0.2, 0.25) is 0 Å². The highest BCUT2D eigenvalue weighted by molar-refractivity contribution is 6.36. The Morgan fingerprint density at radius 2 is 1.70 bits per heavy atom. The maximum atomic E-state index is 12.8. The first-order chi connectivity index (χ1) is 14.3. The molecule has 1 amide bonds. The molecule has 3 aromatic rings. The number of carbonyl (C=O) groups excluding carboxylic acids is 1. The number of benzene rings is 2. The van der Waals surface area contributed by atoms with Gasteiger partial charge in [0, 0.05) is 17.4 Å². The summed E-state index contributed by atoms with van der Waals surface area (Å²) in [6.07, 6.45) is -0.715. The number of hydrogen-bond acceptors (Lipinski definition) is 5. The summed E-state index contributed by atoms with van der Waals surface area (Å²) in [6, 6.07) is 16.4. The van der Waals surface area contributed by atoms with Crippen molar-refractivity contribution in [3.05, 3.63) is 65.7 Å². The predicted octanol–water partition coefficient (Wildman–Crippen LogP) is 3.25. The first kappa shape index (κ1) is 20.7. The Morgan fingerprint density at radius 3 is 2.37 bits per heavy atom. The van der Waals surface area contributed by atoms with E-state index in [4.69, 9.17) is 5.11 Å². The summed E-state index contributed by atoms with van der Waals surface area (Å²) in [4.78, 5) is 39.4. The molecule has 0 saturated heterocycles. The predicted molar refractivity (Wildman–Crippen MR) is 111 cm³/mol. The van der Waals surface area contributed by atoms with Crippen LogP contribution >= 0.6 is 0 Å². The van der Waals surface area contributed by atoms with Gasteiger partial charge < -0.3 is 10.2 Å². The monoisotopic (exact) mass is 405 g/mol. The topological polar surface area (TPSA) is 129 Å². The van der Waals surface area contributed by atoms with Crippen LogP contribution in [0.4, 0.5) is 0 Å². The van der Waals surface area contributed by atoms with Gasteiger partial charge in [0.15, 0.2) is 0 Å². The lowest BCUT2D eigenvalue weighted by molar-refractivity contribution is -0.136. The second-order valence-electron chi connectivity index (χ2n) is 6.64. The summed E-state index contributed by atoms with van der Waals surface area (Å²) in [5.41, 5.74) is 5.19. The van der Waals surface area contributed by atoms with E-state index in [1.165, 1.54) is 0 Å². The van der Waals surface area contributed by atoms with E-state index in [0.29, 0.717) is 16.6 Å². The van der Waals surface area contributed by atoms with Crippen LogP contribution < -0.4 is 5.43 Å². The van der Waals surface area contributed by atoms with E-state index in [0.717, 1.165) is 11.1 Å². The van der Waals surface area contributed by atoms with Crippen LogP contribution in [0.25, 0.3) is 22.2 Å². The second-order valence-corrected chi connectivity index (χ2v) is 6.64. The zero-order chi connectivity index (χ0) is 21.7. The number of carbonyl (C=O) groups is 3. The van der Waals surface area contributed by atoms with E-state index in [2.05, 4.69) is 15.5 Å². The number of nitrogens with zero attached hydrogens (tertiary/aromatic N) is 2. The molecule has 0 bridgehead atoms. The number of fused-ring (bicyclic) bond motifs is 1. The fourth-order valence-corrected chi connectivity index (χ4v) is 2.85. The van der Waals surface area contributed by atoms with Gasteiger partial charge in [0.1, 0.15) is 5.71 Å². The number of aromatic nitrogens is 1. The molecule has 8 heteroatoms. The Hall–Kier alpha value is -4.07. The van der Waals surface area contributed by atoms with Gasteiger partial charge in [-0.05, 0) is 19.1 Å². The highest BCUT2D eigenvalue weighted by Gasteiger charge is 2.16. The number of amides is 1. The van der Waals surface area contributed by atoms with E-state index in [1.807, 2.05) is 37.3 Å². The maximum absolute atomic E-state index is 12.8. The Morgan fingerprint density at radius 1 is 1.00 bits per heavy atom. The lowest BCUT2D eigenvalue weighted by Crippen LogP contribution is -2.24. The van der Waals surface area contributed by atoms with Crippen LogP contribution in [0.3, 0.4) is 0 Å². The standard InChI is InChI=1S/C22H19N3O5/c1-13-6-8-14(9-7-13)19-12-16(15-4-2-3-5-17(15)23-19)21(28)25-24-18(22(29)30)10-11-20(26)27/h2-9,12H,10-11H2,1H3,(H,25,28)(H,26,27)(H,29,30)/b24-18-. The number of hydrogen-bond donors (Lipinski definition) is 3. The number of para-hydroxylation sites is 1. The molecule has 1 heterocycles.